The first kappa shape index (κ1) is 13.9. The average Bonchev–Trinajstić information content (AvgIpc) is 3.14. The van der Waals surface area contributed by atoms with Gasteiger partial charge >= 0.3 is 5.97 Å². The second-order valence-corrected chi connectivity index (χ2v) is 5.68. The van der Waals surface area contributed by atoms with Crippen LogP contribution in [0.5, 0.6) is 0 Å². The number of methoxy groups -OCH3 is 1. The van der Waals surface area contributed by atoms with Crippen molar-refractivity contribution in [2.45, 2.75) is 13.0 Å². The lowest BCUT2D eigenvalue weighted by molar-refractivity contribution is -0.141. The lowest BCUT2D eigenvalue weighted by atomic mass is 10.2. The third kappa shape index (κ3) is 2.58. The Morgan fingerprint density at radius 1 is 1.38 bits per heavy atom. The van der Waals surface area contributed by atoms with E-state index in [-0.39, 0.29) is 5.97 Å². The third-order valence-electron chi connectivity index (χ3n) is 3.37. The Balaban J connectivity index is 1.92. The Labute approximate surface area is 127 Å². The monoisotopic (exact) mass is 301 g/mol. The first-order chi connectivity index (χ1) is 10.2. The average molecular weight is 301 g/mol. The van der Waals surface area contributed by atoms with Gasteiger partial charge in [0.25, 0.3) is 0 Å². The molecule has 1 aromatic carbocycles. The molecule has 0 bridgehead atoms. The van der Waals surface area contributed by atoms with Crippen molar-refractivity contribution in [1.29, 1.82) is 0 Å². The van der Waals surface area contributed by atoms with Crippen LogP contribution in [0.4, 0.5) is 0 Å². The fourth-order valence-electron chi connectivity index (χ4n) is 2.23. The highest BCUT2D eigenvalue weighted by molar-refractivity contribution is 8.14. The van der Waals surface area contributed by atoms with Gasteiger partial charge in [-0.05, 0) is 19.1 Å². The molecule has 1 aliphatic heterocycles. The molecular formula is C15H15N3O2S. The van der Waals surface area contributed by atoms with E-state index < -0.39 is 6.04 Å². The zero-order chi connectivity index (χ0) is 14.8. The number of esters is 1. The summed E-state index contributed by atoms with van der Waals surface area (Å²) in [6.45, 7) is 2.00. The summed E-state index contributed by atoms with van der Waals surface area (Å²) < 4.78 is 6.62. The second-order valence-electron chi connectivity index (χ2n) is 4.68. The van der Waals surface area contributed by atoms with Crippen molar-refractivity contribution in [3.63, 3.8) is 0 Å². The van der Waals surface area contributed by atoms with Gasteiger partial charge in [0.1, 0.15) is 5.04 Å². The molecule has 0 unspecified atom stereocenters. The molecule has 0 radical (unpaired) electrons. The quantitative estimate of drug-likeness (QED) is 0.816. The topological polar surface area (TPSA) is 56.5 Å². The molecule has 2 aromatic rings. The Bertz CT molecular complexity index is 694. The van der Waals surface area contributed by atoms with Crippen LogP contribution in [-0.2, 0) is 9.53 Å². The van der Waals surface area contributed by atoms with Crippen LogP contribution in [-0.4, -0.2) is 39.7 Å². The number of thioether (sulfide) groups is 1. The fraction of sp³-hybridized carbons (Fsp3) is 0.267. The highest BCUT2D eigenvalue weighted by Crippen LogP contribution is 2.26. The van der Waals surface area contributed by atoms with Crippen molar-refractivity contribution in [2.24, 2.45) is 4.99 Å². The number of aliphatic imine (C=N–C) groups is 1. The highest BCUT2D eigenvalue weighted by Gasteiger charge is 2.28. The number of nitrogens with zero attached hydrogens (tertiary/aromatic N) is 3. The molecule has 0 aliphatic carbocycles. The maximum atomic E-state index is 11.5. The van der Waals surface area contributed by atoms with E-state index in [0.717, 1.165) is 22.0 Å². The Hall–Kier alpha value is -2.08. The van der Waals surface area contributed by atoms with Crippen molar-refractivity contribution in [3.8, 4) is 5.69 Å². The van der Waals surface area contributed by atoms with Gasteiger partial charge in [-0.2, -0.15) is 5.10 Å². The highest BCUT2D eigenvalue weighted by atomic mass is 32.2. The Morgan fingerprint density at radius 2 is 2.14 bits per heavy atom. The molecule has 0 saturated heterocycles. The molecule has 0 spiro atoms. The lowest BCUT2D eigenvalue weighted by Gasteiger charge is -2.04. The summed E-state index contributed by atoms with van der Waals surface area (Å²) in [4.78, 5) is 16.0. The molecule has 1 aliphatic rings. The van der Waals surface area contributed by atoms with E-state index in [1.807, 2.05) is 41.9 Å². The Morgan fingerprint density at radius 3 is 2.86 bits per heavy atom. The van der Waals surface area contributed by atoms with Gasteiger partial charge in [0.05, 0.1) is 24.7 Å². The predicted molar refractivity (Wildman–Crippen MR) is 83.1 cm³/mol. The van der Waals surface area contributed by atoms with Crippen LogP contribution < -0.4 is 0 Å². The number of ether oxygens (including phenoxy) is 1. The number of para-hydroxylation sites is 1. The molecule has 1 atom stereocenters. The van der Waals surface area contributed by atoms with Crippen molar-refractivity contribution >= 4 is 22.8 Å². The number of carbonyl (C=O) groups excluding carboxylic acids is 1. The van der Waals surface area contributed by atoms with E-state index in [0.29, 0.717) is 5.75 Å². The van der Waals surface area contributed by atoms with Crippen LogP contribution in [0.1, 0.15) is 11.3 Å². The molecular weight excluding hydrogens is 286 g/mol. The molecule has 5 nitrogen and oxygen atoms in total. The number of hydrogen-bond acceptors (Lipinski definition) is 5. The van der Waals surface area contributed by atoms with E-state index >= 15 is 0 Å². The van der Waals surface area contributed by atoms with Crippen molar-refractivity contribution in [2.75, 3.05) is 12.9 Å². The van der Waals surface area contributed by atoms with E-state index in [9.17, 15) is 4.79 Å². The molecule has 6 heteroatoms. The number of hydrogen-bond donors (Lipinski definition) is 0. The lowest BCUT2D eigenvalue weighted by Crippen LogP contribution is -2.19. The third-order valence-corrected chi connectivity index (χ3v) is 4.45. The number of rotatable bonds is 3. The summed E-state index contributed by atoms with van der Waals surface area (Å²) in [5.74, 6) is 0.337. The van der Waals surface area contributed by atoms with Crippen LogP contribution in [0.2, 0.25) is 0 Å². The molecule has 108 valence electrons. The fourth-order valence-corrected chi connectivity index (χ4v) is 3.31. The molecule has 3 rings (SSSR count). The smallest absolute Gasteiger partial charge is 0.331 e. The van der Waals surface area contributed by atoms with E-state index in [2.05, 4.69) is 10.1 Å². The maximum Gasteiger partial charge on any atom is 0.331 e. The van der Waals surface area contributed by atoms with Gasteiger partial charge in [-0.15, -0.1) is 11.8 Å². The van der Waals surface area contributed by atoms with Crippen LogP contribution in [0.25, 0.3) is 5.69 Å². The van der Waals surface area contributed by atoms with Crippen molar-refractivity contribution < 1.29 is 9.53 Å². The second kappa shape index (κ2) is 5.73. The van der Waals surface area contributed by atoms with Gasteiger partial charge in [0.2, 0.25) is 0 Å². The van der Waals surface area contributed by atoms with Crippen LogP contribution in [0.3, 0.4) is 0 Å². The zero-order valence-electron chi connectivity index (χ0n) is 11.8. The standard InChI is InChI=1S/C15H15N3O2S/c1-10-12(14-17-13(9-21-14)15(19)20-2)8-16-18(10)11-6-4-3-5-7-11/h3-8,13H,9H2,1-2H3/t13-/m1/s1. The predicted octanol–water partition coefficient (Wildman–Crippen LogP) is 2.22. The molecule has 1 aromatic heterocycles. The van der Waals surface area contributed by atoms with E-state index in [1.165, 1.54) is 7.11 Å². The minimum Gasteiger partial charge on any atom is -0.467 e. The number of carbonyl (C=O) groups is 1. The molecule has 0 saturated carbocycles. The number of benzene rings is 1. The van der Waals surface area contributed by atoms with Gasteiger partial charge in [-0.3, -0.25) is 4.99 Å². The van der Waals surface area contributed by atoms with E-state index in [4.69, 9.17) is 4.74 Å². The Kier molecular flexibility index (Phi) is 3.79. The summed E-state index contributed by atoms with van der Waals surface area (Å²) >= 11 is 1.57. The van der Waals surface area contributed by atoms with Gasteiger partial charge in [0, 0.05) is 11.3 Å². The van der Waals surface area contributed by atoms with Crippen molar-refractivity contribution in [1.82, 2.24) is 9.78 Å². The van der Waals surface area contributed by atoms with Crippen molar-refractivity contribution in [3.05, 3.63) is 47.8 Å². The first-order valence-corrected chi connectivity index (χ1v) is 7.58. The molecule has 0 fully saturated rings. The van der Waals surface area contributed by atoms with E-state index in [1.54, 1.807) is 18.0 Å². The summed E-state index contributed by atoms with van der Waals surface area (Å²) in [6, 6.07) is 9.53. The van der Waals surface area contributed by atoms with Crippen LogP contribution in [0.15, 0.2) is 41.5 Å². The summed E-state index contributed by atoms with van der Waals surface area (Å²) in [5.41, 5.74) is 2.99. The molecule has 2 heterocycles. The van der Waals surface area contributed by atoms with Crippen LogP contribution in [0, 0.1) is 6.92 Å². The molecule has 0 N–H and O–H groups in total. The van der Waals surface area contributed by atoms with Gasteiger partial charge < -0.3 is 4.74 Å². The minimum atomic E-state index is -0.408. The largest absolute Gasteiger partial charge is 0.467 e. The molecule has 21 heavy (non-hydrogen) atoms. The summed E-state index contributed by atoms with van der Waals surface area (Å²) in [7, 11) is 1.39. The number of aromatic nitrogens is 2. The minimum absolute atomic E-state index is 0.286. The maximum absolute atomic E-state index is 11.5. The molecule has 0 amide bonds. The van der Waals surface area contributed by atoms with Gasteiger partial charge in [0.15, 0.2) is 6.04 Å². The summed E-state index contributed by atoms with van der Waals surface area (Å²) in [6.07, 6.45) is 1.80. The SMILES string of the molecule is COC(=O)[C@H]1CSC(c2cnn(-c3ccccc3)c2C)=N1. The normalized spacial score (nSPS) is 17.6. The zero-order valence-corrected chi connectivity index (χ0v) is 12.6. The first-order valence-electron chi connectivity index (χ1n) is 6.59. The van der Waals surface area contributed by atoms with Gasteiger partial charge in [-0.1, -0.05) is 18.2 Å². The summed E-state index contributed by atoms with van der Waals surface area (Å²) in [5, 5.41) is 5.28. The van der Waals surface area contributed by atoms with Gasteiger partial charge in [-0.25, -0.2) is 9.48 Å². The van der Waals surface area contributed by atoms with Crippen LogP contribution >= 0.6 is 11.8 Å².